The SMILES string of the molecule is Cc1cc(C)cc(N(CCCC(=O)N(C)[C@@H]2CCCC[C@H]2O)S(C)(=O)=O)c1. The van der Waals surface area contributed by atoms with Crippen molar-refractivity contribution in [1.82, 2.24) is 4.90 Å². The molecule has 0 aromatic heterocycles. The third kappa shape index (κ3) is 5.94. The number of nitrogens with zero attached hydrogens (tertiary/aromatic N) is 2. The highest BCUT2D eigenvalue weighted by molar-refractivity contribution is 7.92. The van der Waals surface area contributed by atoms with E-state index >= 15 is 0 Å². The van der Waals surface area contributed by atoms with Gasteiger partial charge in [0.05, 0.1) is 24.1 Å². The van der Waals surface area contributed by atoms with E-state index in [0.29, 0.717) is 12.1 Å². The molecule has 1 saturated carbocycles. The van der Waals surface area contributed by atoms with Crippen LogP contribution in [0.2, 0.25) is 0 Å². The van der Waals surface area contributed by atoms with E-state index in [2.05, 4.69) is 0 Å². The molecule has 1 aromatic rings. The quantitative estimate of drug-likeness (QED) is 0.768. The summed E-state index contributed by atoms with van der Waals surface area (Å²) in [6, 6.07) is 5.57. The highest BCUT2D eigenvalue weighted by Crippen LogP contribution is 2.24. The lowest BCUT2D eigenvalue weighted by molar-refractivity contribution is -0.135. The van der Waals surface area contributed by atoms with Crippen LogP contribution in [0.25, 0.3) is 0 Å². The Morgan fingerprint density at radius 3 is 2.30 bits per heavy atom. The van der Waals surface area contributed by atoms with Crippen LogP contribution >= 0.6 is 0 Å². The van der Waals surface area contributed by atoms with E-state index in [1.54, 1.807) is 11.9 Å². The Kier molecular flexibility index (Phi) is 7.28. The second-order valence-corrected chi connectivity index (χ2v) is 9.62. The van der Waals surface area contributed by atoms with Crippen LogP contribution in [0, 0.1) is 13.8 Å². The Balaban J connectivity index is 2.00. The maximum atomic E-state index is 12.5. The first-order valence-corrected chi connectivity index (χ1v) is 11.4. The van der Waals surface area contributed by atoms with Crippen molar-refractivity contribution in [1.29, 1.82) is 0 Å². The molecule has 0 spiro atoms. The van der Waals surface area contributed by atoms with Gasteiger partial charge in [-0.25, -0.2) is 8.42 Å². The number of aliphatic hydroxyl groups excluding tert-OH is 1. The summed E-state index contributed by atoms with van der Waals surface area (Å²) in [6.07, 6.45) is 5.00. The lowest BCUT2D eigenvalue weighted by atomic mass is 9.91. The summed E-state index contributed by atoms with van der Waals surface area (Å²) in [5.74, 6) is -0.0465. The normalized spacial score (nSPS) is 20.3. The molecule has 1 fully saturated rings. The summed E-state index contributed by atoms with van der Waals surface area (Å²) in [7, 11) is -1.69. The van der Waals surface area contributed by atoms with Gasteiger partial charge in [0, 0.05) is 20.0 Å². The van der Waals surface area contributed by atoms with E-state index in [-0.39, 0.29) is 24.9 Å². The minimum absolute atomic E-state index is 0.0465. The molecule has 1 aliphatic carbocycles. The van der Waals surface area contributed by atoms with E-state index in [4.69, 9.17) is 0 Å². The second kappa shape index (κ2) is 9.06. The molecule has 0 saturated heterocycles. The van der Waals surface area contributed by atoms with E-state index in [9.17, 15) is 18.3 Å². The van der Waals surface area contributed by atoms with Gasteiger partial charge in [0.2, 0.25) is 15.9 Å². The maximum absolute atomic E-state index is 12.5. The van der Waals surface area contributed by atoms with Crippen LogP contribution in [0.4, 0.5) is 5.69 Å². The molecule has 1 amide bonds. The first-order chi connectivity index (χ1) is 12.6. The molecular formula is C20H32N2O4S. The Labute approximate surface area is 163 Å². The molecule has 0 bridgehead atoms. The zero-order valence-electron chi connectivity index (χ0n) is 16.8. The monoisotopic (exact) mass is 396 g/mol. The number of aliphatic hydroxyl groups is 1. The van der Waals surface area contributed by atoms with E-state index < -0.39 is 16.1 Å². The highest BCUT2D eigenvalue weighted by Gasteiger charge is 2.29. The number of anilines is 1. The van der Waals surface area contributed by atoms with Gasteiger partial charge in [0.25, 0.3) is 0 Å². The van der Waals surface area contributed by atoms with Crippen LogP contribution in [0.1, 0.15) is 49.7 Å². The topological polar surface area (TPSA) is 77.9 Å². The molecule has 0 aliphatic heterocycles. The van der Waals surface area contributed by atoms with Gasteiger partial charge >= 0.3 is 0 Å². The third-order valence-electron chi connectivity index (χ3n) is 5.23. The second-order valence-electron chi connectivity index (χ2n) is 7.71. The Morgan fingerprint density at radius 1 is 1.15 bits per heavy atom. The average Bonchev–Trinajstić information content (AvgIpc) is 2.56. The molecule has 1 aliphatic rings. The minimum atomic E-state index is -3.43. The molecule has 1 N–H and O–H groups in total. The van der Waals surface area contributed by atoms with Gasteiger partial charge in [0.15, 0.2) is 0 Å². The molecule has 7 heteroatoms. The van der Waals surface area contributed by atoms with Crippen LogP contribution in [0.3, 0.4) is 0 Å². The van der Waals surface area contributed by atoms with Crippen LogP contribution in [-0.2, 0) is 14.8 Å². The summed E-state index contributed by atoms with van der Waals surface area (Å²) in [4.78, 5) is 14.2. The maximum Gasteiger partial charge on any atom is 0.232 e. The highest BCUT2D eigenvalue weighted by atomic mass is 32.2. The van der Waals surface area contributed by atoms with Crippen LogP contribution in [-0.4, -0.2) is 56.3 Å². The number of hydrogen-bond donors (Lipinski definition) is 1. The lowest BCUT2D eigenvalue weighted by Gasteiger charge is -2.35. The zero-order valence-corrected chi connectivity index (χ0v) is 17.6. The molecule has 2 atom stereocenters. The van der Waals surface area contributed by atoms with Crippen molar-refractivity contribution in [2.45, 2.75) is 64.5 Å². The zero-order chi connectivity index (χ0) is 20.2. The van der Waals surface area contributed by atoms with Crippen LogP contribution in [0.15, 0.2) is 18.2 Å². The van der Waals surface area contributed by atoms with Crippen molar-refractivity contribution in [2.75, 3.05) is 24.2 Å². The standard InChI is InChI=1S/C20H32N2O4S/c1-15-12-16(2)14-17(13-15)22(27(4,25)26)11-7-10-20(24)21(3)18-8-5-6-9-19(18)23/h12-14,18-19,23H,5-11H2,1-4H3/t18-,19-/m1/s1. The first-order valence-electron chi connectivity index (χ1n) is 9.59. The Bertz CT molecular complexity index is 743. The third-order valence-corrected chi connectivity index (χ3v) is 6.43. The molecule has 1 aromatic carbocycles. The van der Waals surface area contributed by atoms with Crippen molar-refractivity contribution in [3.05, 3.63) is 29.3 Å². The largest absolute Gasteiger partial charge is 0.391 e. The minimum Gasteiger partial charge on any atom is -0.391 e. The van der Waals surface area contributed by atoms with Crippen molar-refractivity contribution in [3.63, 3.8) is 0 Å². The number of rotatable bonds is 7. The molecule has 0 unspecified atom stereocenters. The van der Waals surface area contributed by atoms with Crippen molar-refractivity contribution < 1.29 is 18.3 Å². The molecule has 2 rings (SSSR count). The van der Waals surface area contributed by atoms with E-state index in [1.165, 1.54) is 10.6 Å². The Hall–Kier alpha value is -1.60. The first kappa shape index (κ1) is 21.7. The number of likely N-dealkylation sites (N-methyl/N-ethyl adjacent to an activating group) is 1. The van der Waals surface area contributed by atoms with Gasteiger partial charge < -0.3 is 10.0 Å². The van der Waals surface area contributed by atoms with Crippen molar-refractivity contribution in [2.24, 2.45) is 0 Å². The molecular weight excluding hydrogens is 364 g/mol. The van der Waals surface area contributed by atoms with Crippen LogP contribution in [0.5, 0.6) is 0 Å². The van der Waals surface area contributed by atoms with Gasteiger partial charge in [-0.05, 0) is 56.4 Å². The fourth-order valence-corrected chi connectivity index (χ4v) is 4.81. The fourth-order valence-electron chi connectivity index (χ4n) is 3.86. The predicted molar refractivity (Wildman–Crippen MR) is 108 cm³/mol. The van der Waals surface area contributed by atoms with Gasteiger partial charge in [-0.1, -0.05) is 18.9 Å². The van der Waals surface area contributed by atoms with E-state index in [1.807, 2.05) is 32.0 Å². The summed E-state index contributed by atoms with van der Waals surface area (Å²) in [5.41, 5.74) is 2.64. The smallest absolute Gasteiger partial charge is 0.232 e. The van der Waals surface area contributed by atoms with Crippen molar-refractivity contribution >= 4 is 21.6 Å². The van der Waals surface area contributed by atoms with Gasteiger partial charge in [-0.15, -0.1) is 0 Å². The number of benzene rings is 1. The van der Waals surface area contributed by atoms with Gasteiger partial charge in [-0.3, -0.25) is 9.10 Å². The number of carbonyl (C=O) groups excluding carboxylic acids is 1. The van der Waals surface area contributed by atoms with Gasteiger partial charge in [0.1, 0.15) is 0 Å². The average molecular weight is 397 g/mol. The van der Waals surface area contributed by atoms with Crippen LogP contribution < -0.4 is 4.31 Å². The molecule has 27 heavy (non-hydrogen) atoms. The number of sulfonamides is 1. The molecule has 152 valence electrons. The predicted octanol–water partition coefficient (Wildman–Crippen LogP) is 2.61. The Morgan fingerprint density at radius 2 is 1.74 bits per heavy atom. The molecule has 0 heterocycles. The lowest BCUT2D eigenvalue weighted by Crippen LogP contribution is -2.46. The molecule has 6 nitrogen and oxygen atoms in total. The number of hydrogen-bond acceptors (Lipinski definition) is 4. The summed E-state index contributed by atoms with van der Waals surface area (Å²) >= 11 is 0. The number of aryl methyl sites for hydroxylation is 2. The summed E-state index contributed by atoms with van der Waals surface area (Å²) < 4.78 is 25.9. The number of amides is 1. The number of carbonyl (C=O) groups is 1. The summed E-state index contributed by atoms with van der Waals surface area (Å²) in [6.45, 7) is 4.13. The van der Waals surface area contributed by atoms with Crippen molar-refractivity contribution in [3.8, 4) is 0 Å². The van der Waals surface area contributed by atoms with E-state index in [0.717, 1.165) is 36.8 Å². The van der Waals surface area contributed by atoms with Gasteiger partial charge in [-0.2, -0.15) is 0 Å². The summed E-state index contributed by atoms with van der Waals surface area (Å²) in [5, 5.41) is 10.1. The molecule has 0 radical (unpaired) electrons. The fraction of sp³-hybridized carbons (Fsp3) is 0.650.